The lowest BCUT2D eigenvalue weighted by Crippen LogP contribution is -2.32. The summed E-state index contributed by atoms with van der Waals surface area (Å²) in [6.45, 7) is -8.60. The third kappa shape index (κ3) is 6.40. The fraction of sp³-hybridized carbons (Fsp3) is 0.400. The van der Waals surface area contributed by atoms with Gasteiger partial charge in [-0.15, -0.1) is 0 Å². The van der Waals surface area contributed by atoms with Crippen molar-refractivity contribution in [1.82, 2.24) is 5.32 Å². The summed E-state index contributed by atoms with van der Waals surface area (Å²) in [7, 11) is -7.33. The SMILES string of the molecule is [2H]c1c([2H])c([2H])c(OC([2H])([2H])C([2H])([2H])[2H])c(OC([2H])([2H])CN[C@H](C)Cc2ccc(OC([2H])([2H])[2H])c(S(N)(=O)=O)c2)c1[2H]. The van der Waals surface area contributed by atoms with Gasteiger partial charge in [-0.1, -0.05) is 18.2 Å². The largest absolute Gasteiger partial charge is 0.495 e. The fourth-order valence-corrected chi connectivity index (χ4v) is 2.93. The Hall–Kier alpha value is -2.29. The summed E-state index contributed by atoms with van der Waals surface area (Å²) in [5.74, 6) is -2.50. The van der Waals surface area contributed by atoms with Gasteiger partial charge < -0.3 is 19.5 Å². The quantitative estimate of drug-likeness (QED) is 0.577. The van der Waals surface area contributed by atoms with Gasteiger partial charge in [-0.2, -0.15) is 0 Å². The summed E-state index contributed by atoms with van der Waals surface area (Å²) in [6.07, 6.45) is 0.0603. The molecule has 0 saturated carbocycles. The summed E-state index contributed by atoms with van der Waals surface area (Å²) >= 11 is 0. The summed E-state index contributed by atoms with van der Waals surface area (Å²) < 4.78 is 146. The van der Waals surface area contributed by atoms with Crippen LogP contribution in [0.1, 0.15) is 38.5 Å². The summed E-state index contributed by atoms with van der Waals surface area (Å²) in [6, 6.07) is -0.720. The molecule has 8 heteroatoms. The average molecular weight is 423 g/mol. The lowest BCUT2D eigenvalue weighted by molar-refractivity contribution is 0.272. The zero-order valence-corrected chi connectivity index (χ0v) is 15.6. The molecule has 0 aliphatic rings. The molecule has 0 amide bonds. The molecule has 3 N–H and O–H groups in total. The molecular formula is C20H28N2O5S. The Morgan fingerprint density at radius 3 is 2.68 bits per heavy atom. The van der Waals surface area contributed by atoms with E-state index in [0.29, 0.717) is 5.56 Å². The molecule has 0 bridgehead atoms. The second kappa shape index (κ2) is 10.3. The van der Waals surface area contributed by atoms with Gasteiger partial charge in [-0.25, -0.2) is 13.6 Å². The van der Waals surface area contributed by atoms with Crippen LogP contribution < -0.4 is 24.7 Å². The molecule has 0 heterocycles. The van der Waals surface area contributed by atoms with E-state index in [0.717, 1.165) is 12.1 Å². The van der Waals surface area contributed by atoms with Crippen molar-refractivity contribution < 1.29 is 41.8 Å². The van der Waals surface area contributed by atoms with Crippen LogP contribution in [0.15, 0.2) is 47.3 Å². The van der Waals surface area contributed by atoms with Gasteiger partial charge >= 0.3 is 0 Å². The molecule has 28 heavy (non-hydrogen) atoms. The number of ether oxygens (including phenoxy) is 3. The van der Waals surface area contributed by atoms with Gasteiger partial charge in [-0.05, 0) is 50.0 Å². The van der Waals surface area contributed by atoms with Gasteiger partial charge in [0.15, 0.2) is 11.5 Å². The molecule has 0 aliphatic carbocycles. The molecule has 2 rings (SSSR count). The van der Waals surface area contributed by atoms with E-state index in [4.69, 9.17) is 38.5 Å². The van der Waals surface area contributed by atoms with Crippen molar-refractivity contribution in [3.8, 4) is 17.2 Å². The zero-order valence-electron chi connectivity index (χ0n) is 28.8. The number of hydrogen-bond acceptors (Lipinski definition) is 6. The van der Waals surface area contributed by atoms with E-state index in [1.54, 1.807) is 6.92 Å². The number of para-hydroxylation sites is 2. The minimum Gasteiger partial charge on any atom is -0.495 e. The number of sulfonamides is 1. The Morgan fingerprint density at radius 2 is 2.00 bits per heavy atom. The minimum atomic E-state index is -4.39. The van der Waals surface area contributed by atoms with Crippen molar-refractivity contribution in [3.63, 3.8) is 0 Å². The average Bonchev–Trinajstić information content (AvgIpc) is 2.81. The molecule has 154 valence electrons. The molecule has 0 radical (unpaired) electrons. The first-order chi connectivity index (χ1) is 18.8. The molecular weight excluding hydrogens is 380 g/mol. The number of rotatable bonds is 11. The first kappa shape index (κ1) is 9.47. The third-order valence-electron chi connectivity index (χ3n) is 3.44. The van der Waals surface area contributed by atoms with Crippen molar-refractivity contribution in [1.29, 1.82) is 0 Å². The van der Waals surface area contributed by atoms with E-state index in [1.165, 1.54) is 6.07 Å². The highest BCUT2D eigenvalue weighted by molar-refractivity contribution is 7.89. The molecule has 2 aromatic rings. The van der Waals surface area contributed by atoms with Gasteiger partial charge in [-0.3, -0.25) is 0 Å². The van der Waals surface area contributed by atoms with E-state index in [1.807, 2.05) is 0 Å². The van der Waals surface area contributed by atoms with Crippen molar-refractivity contribution in [3.05, 3.63) is 47.9 Å². The normalized spacial score (nSPS) is 21.6. The lowest BCUT2D eigenvalue weighted by Gasteiger charge is -2.16. The van der Waals surface area contributed by atoms with Crippen LogP contribution in [0.5, 0.6) is 17.2 Å². The predicted octanol–water partition coefficient (Wildman–Crippen LogP) is 2.34. The maximum atomic E-state index is 12.0. The molecule has 7 nitrogen and oxygen atoms in total. The molecule has 0 aliphatic heterocycles. The van der Waals surface area contributed by atoms with Gasteiger partial charge in [0.05, 0.1) is 28.7 Å². The Bertz CT molecular complexity index is 1410. The van der Waals surface area contributed by atoms with Crippen molar-refractivity contribution in [2.75, 3.05) is 26.7 Å². The Labute approximate surface area is 186 Å². The number of nitrogens with one attached hydrogen (secondary N) is 1. The van der Waals surface area contributed by atoms with E-state index >= 15 is 0 Å². The van der Waals surface area contributed by atoms with Gasteiger partial charge in [0.25, 0.3) is 0 Å². The molecule has 0 spiro atoms. The molecule has 0 saturated heterocycles. The molecule has 0 fully saturated rings. The van der Waals surface area contributed by atoms with Crippen molar-refractivity contribution in [2.45, 2.75) is 31.1 Å². The first-order valence-electron chi connectivity index (χ1n) is 14.8. The molecule has 0 unspecified atom stereocenters. The van der Waals surface area contributed by atoms with Crippen LogP contribution in [0.2, 0.25) is 0 Å². The molecule has 2 aromatic carbocycles. The van der Waals surface area contributed by atoms with Crippen LogP contribution in [0, 0.1) is 0 Å². The standard InChI is InChI=1S/C20H28N2O5S/c1-4-26-17-7-5-6-8-18(17)27-12-11-22-15(2)13-16-9-10-19(25-3)20(14-16)28(21,23)24/h5-10,14-15,22H,4,11-13H2,1-3H3,(H2,21,23,24)/t15-/m1/s1/i1D3,3D3,4D2,5D,6D,7D,8D,12D2. The smallest absolute Gasteiger partial charge is 0.241 e. The Kier molecular flexibility index (Phi) is 3.49. The summed E-state index contributed by atoms with van der Waals surface area (Å²) in [5.41, 5.74) is 0.346. The Balaban J connectivity index is 2.29. The number of benzene rings is 2. The van der Waals surface area contributed by atoms with Crippen LogP contribution in [0.3, 0.4) is 0 Å². The lowest BCUT2D eigenvalue weighted by atomic mass is 10.1. The highest BCUT2D eigenvalue weighted by atomic mass is 32.2. The third-order valence-corrected chi connectivity index (χ3v) is 4.37. The molecule has 1 atom stereocenters. The van der Waals surface area contributed by atoms with Crippen LogP contribution in [-0.2, 0) is 16.4 Å². The minimum absolute atomic E-state index is 0.0603. The van der Waals surface area contributed by atoms with E-state index < -0.39 is 95.9 Å². The second-order valence-corrected chi connectivity index (χ2v) is 7.05. The summed E-state index contributed by atoms with van der Waals surface area (Å²) in [4.78, 5) is -0.579. The maximum absolute atomic E-state index is 12.0. The van der Waals surface area contributed by atoms with Gasteiger partial charge in [0, 0.05) is 16.7 Å². The molecule has 0 aromatic heterocycles. The monoisotopic (exact) mass is 422 g/mol. The van der Waals surface area contributed by atoms with E-state index in [-0.39, 0.29) is 6.42 Å². The van der Waals surface area contributed by atoms with Gasteiger partial charge in [0.1, 0.15) is 17.2 Å². The highest BCUT2D eigenvalue weighted by Crippen LogP contribution is 2.26. The number of primary sulfonamides is 1. The van der Waals surface area contributed by atoms with Crippen LogP contribution in [0.25, 0.3) is 0 Å². The van der Waals surface area contributed by atoms with E-state index in [2.05, 4.69) is 5.32 Å². The maximum Gasteiger partial charge on any atom is 0.241 e. The fourth-order valence-electron chi connectivity index (χ4n) is 2.22. The van der Waals surface area contributed by atoms with Gasteiger partial charge in [0.2, 0.25) is 10.0 Å². The summed E-state index contributed by atoms with van der Waals surface area (Å²) in [5, 5.41) is 7.95. The van der Waals surface area contributed by atoms with Crippen LogP contribution in [-0.4, -0.2) is 41.2 Å². The second-order valence-electron chi connectivity index (χ2n) is 5.52. The zero-order chi connectivity index (χ0) is 32.6. The van der Waals surface area contributed by atoms with Crippen molar-refractivity contribution in [2.24, 2.45) is 5.14 Å². The van der Waals surface area contributed by atoms with Crippen LogP contribution in [0.4, 0.5) is 0 Å². The van der Waals surface area contributed by atoms with E-state index in [9.17, 15) is 8.42 Å². The Morgan fingerprint density at radius 1 is 1.25 bits per heavy atom. The van der Waals surface area contributed by atoms with Crippen molar-refractivity contribution >= 4 is 10.0 Å². The topological polar surface area (TPSA) is 99.9 Å². The predicted molar refractivity (Wildman–Crippen MR) is 109 cm³/mol. The number of methoxy groups -OCH3 is 1. The van der Waals surface area contributed by atoms with Crippen LogP contribution >= 0.6 is 0 Å². The number of nitrogens with two attached hydrogens (primary N) is 1. The highest BCUT2D eigenvalue weighted by Gasteiger charge is 2.16. The first-order valence-corrected chi connectivity index (χ1v) is 9.37. The number of hydrogen-bond donors (Lipinski definition) is 2.